The number of rotatable bonds is 4. The van der Waals surface area contributed by atoms with E-state index < -0.39 is 0 Å². The van der Waals surface area contributed by atoms with Crippen molar-refractivity contribution >= 4 is 22.6 Å². The van der Waals surface area contributed by atoms with Gasteiger partial charge < -0.3 is 4.57 Å². The number of alkyl halides is 1. The third-order valence-corrected chi connectivity index (χ3v) is 3.58. The third-order valence-electron chi connectivity index (χ3n) is 3.39. The van der Waals surface area contributed by atoms with Crippen LogP contribution in [0.15, 0.2) is 12.1 Å². The Balaban J connectivity index is 2.68. The molecule has 1 aromatic heterocycles. The average molecular weight is 269 g/mol. The first-order chi connectivity index (χ1) is 8.58. The predicted molar refractivity (Wildman–Crippen MR) is 73.9 cm³/mol. The van der Waals surface area contributed by atoms with Gasteiger partial charge in [0, 0.05) is 24.4 Å². The van der Waals surface area contributed by atoms with Crippen LogP contribution in [0.3, 0.4) is 0 Å². The fraction of sp³-hybridized carbons (Fsp3) is 0.500. The molecule has 2 nitrogen and oxygen atoms in total. The molecule has 0 radical (unpaired) electrons. The van der Waals surface area contributed by atoms with Crippen molar-refractivity contribution < 1.29 is 4.39 Å². The fourth-order valence-electron chi connectivity index (χ4n) is 2.21. The van der Waals surface area contributed by atoms with Crippen LogP contribution >= 0.6 is 11.6 Å². The molecule has 0 bridgehead atoms. The van der Waals surface area contributed by atoms with Crippen molar-refractivity contribution in [2.45, 2.75) is 39.7 Å². The minimum atomic E-state index is -0.200. The minimum absolute atomic E-state index is 0.200. The first-order valence-corrected chi connectivity index (χ1v) is 6.84. The highest BCUT2D eigenvalue weighted by Gasteiger charge is 2.15. The smallest absolute Gasteiger partial charge is 0.128 e. The van der Waals surface area contributed by atoms with Crippen LogP contribution < -0.4 is 0 Å². The Morgan fingerprint density at radius 1 is 1.44 bits per heavy atom. The summed E-state index contributed by atoms with van der Waals surface area (Å²) in [5.74, 6) is 1.27. The number of imidazole rings is 1. The Hall–Kier alpha value is -1.09. The number of aryl methyl sites for hydroxylation is 2. The van der Waals surface area contributed by atoms with Crippen LogP contribution in [0.4, 0.5) is 4.39 Å². The van der Waals surface area contributed by atoms with Gasteiger partial charge in [-0.25, -0.2) is 9.37 Å². The van der Waals surface area contributed by atoms with Crippen LogP contribution in [-0.2, 0) is 6.42 Å². The quantitative estimate of drug-likeness (QED) is 0.759. The second kappa shape index (κ2) is 5.27. The Morgan fingerprint density at radius 2 is 2.17 bits per heavy atom. The summed E-state index contributed by atoms with van der Waals surface area (Å²) in [5.41, 5.74) is 2.38. The number of aromatic nitrogens is 2. The van der Waals surface area contributed by atoms with E-state index in [9.17, 15) is 4.39 Å². The molecule has 2 aromatic rings. The van der Waals surface area contributed by atoms with Crippen LogP contribution in [-0.4, -0.2) is 15.4 Å². The molecule has 1 aromatic carbocycles. The topological polar surface area (TPSA) is 17.8 Å². The van der Waals surface area contributed by atoms with E-state index in [0.29, 0.717) is 23.9 Å². The van der Waals surface area contributed by atoms with E-state index in [1.807, 2.05) is 6.07 Å². The maximum atomic E-state index is 13.6. The molecule has 98 valence electrons. The maximum Gasteiger partial charge on any atom is 0.128 e. The normalized spacial score (nSPS) is 13.2. The zero-order valence-electron chi connectivity index (χ0n) is 11.0. The van der Waals surface area contributed by atoms with Crippen LogP contribution in [0.2, 0.25) is 0 Å². The first kappa shape index (κ1) is 13.3. The van der Waals surface area contributed by atoms with Crippen molar-refractivity contribution in [1.29, 1.82) is 0 Å². The van der Waals surface area contributed by atoms with Crippen molar-refractivity contribution in [1.82, 2.24) is 9.55 Å². The van der Waals surface area contributed by atoms with Gasteiger partial charge in [0.05, 0.1) is 11.0 Å². The number of halogens is 2. The summed E-state index contributed by atoms with van der Waals surface area (Å²) in [6.07, 6.45) is 1.72. The lowest BCUT2D eigenvalue weighted by Crippen LogP contribution is -2.09. The summed E-state index contributed by atoms with van der Waals surface area (Å²) in [6, 6.07) is 3.74. The summed E-state index contributed by atoms with van der Waals surface area (Å²) in [4.78, 5) is 4.51. The molecule has 0 aliphatic carbocycles. The van der Waals surface area contributed by atoms with E-state index in [1.54, 1.807) is 6.92 Å². The highest BCUT2D eigenvalue weighted by Crippen LogP contribution is 2.25. The zero-order valence-corrected chi connectivity index (χ0v) is 11.8. The summed E-state index contributed by atoms with van der Waals surface area (Å²) in [5, 5.41) is 0. The van der Waals surface area contributed by atoms with E-state index in [0.717, 1.165) is 23.3 Å². The molecule has 0 aliphatic heterocycles. The maximum absolute atomic E-state index is 13.6. The lowest BCUT2D eigenvalue weighted by Gasteiger charge is -2.15. The number of hydrogen-bond acceptors (Lipinski definition) is 1. The van der Waals surface area contributed by atoms with Crippen LogP contribution in [0.1, 0.15) is 37.7 Å². The molecule has 1 unspecified atom stereocenters. The first-order valence-electron chi connectivity index (χ1n) is 6.31. The van der Waals surface area contributed by atoms with Crippen molar-refractivity contribution in [3.8, 4) is 0 Å². The third kappa shape index (κ3) is 2.24. The van der Waals surface area contributed by atoms with Crippen LogP contribution in [0.5, 0.6) is 0 Å². The molecule has 0 saturated carbocycles. The molecule has 0 amide bonds. The molecule has 18 heavy (non-hydrogen) atoms. The lowest BCUT2D eigenvalue weighted by molar-refractivity contribution is 0.524. The van der Waals surface area contributed by atoms with Gasteiger partial charge in [-0.1, -0.05) is 6.92 Å². The number of benzene rings is 1. The SMILES string of the molecule is CCC(C)n1c(CCCl)nc2cc(F)c(C)cc21. The lowest BCUT2D eigenvalue weighted by atomic mass is 10.2. The molecule has 0 spiro atoms. The Morgan fingerprint density at radius 3 is 2.78 bits per heavy atom. The van der Waals surface area contributed by atoms with E-state index >= 15 is 0 Å². The highest BCUT2D eigenvalue weighted by molar-refractivity contribution is 6.17. The van der Waals surface area contributed by atoms with Crippen LogP contribution in [0, 0.1) is 12.7 Å². The minimum Gasteiger partial charge on any atom is -0.325 e. The van der Waals surface area contributed by atoms with Gasteiger partial charge >= 0.3 is 0 Å². The molecule has 0 saturated heterocycles. The molecule has 1 atom stereocenters. The molecule has 0 fully saturated rings. The second-order valence-corrected chi connectivity index (χ2v) is 5.06. The summed E-state index contributed by atoms with van der Waals surface area (Å²) in [7, 11) is 0. The van der Waals surface area contributed by atoms with Crippen LogP contribution in [0.25, 0.3) is 11.0 Å². The van der Waals surface area contributed by atoms with Crippen molar-refractivity contribution in [3.63, 3.8) is 0 Å². The second-order valence-electron chi connectivity index (χ2n) is 4.68. The zero-order chi connectivity index (χ0) is 13.3. The van der Waals surface area contributed by atoms with Crippen molar-refractivity contribution in [2.24, 2.45) is 0 Å². The Labute approximate surface area is 112 Å². The molecular formula is C14H18ClFN2. The molecule has 2 rings (SSSR count). The van der Waals surface area contributed by atoms with Gasteiger partial charge in [-0.2, -0.15) is 0 Å². The van der Waals surface area contributed by atoms with Gasteiger partial charge in [0.25, 0.3) is 0 Å². The van der Waals surface area contributed by atoms with E-state index in [2.05, 4.69) is 23.4 Å². The Bertz CT molecular complexity index is 562. The van der Waals surface area contributed by atoms with E-state index in [1.165, 1.54) is 6.07 Å². The van der Waals surface area contributed by atoms with Crippen molar-refractivity contribution in [3.05, 3.63) is 29.3 Å². The van der Waals surface area contributed by atoms with Gasteiger partial charge in [-0.05, 0) is 31.9 Å². The van der Waals surface area contributed by atoms with Gasteiger partial charge in [0.15, 0.2) is 0 Å². The van der Waals surface area contributed by atoms with E-state index in [-0.39, 0.29) is 5.82 Å². The highest BCUT2D eigenvalue weighted by atomic mass is 35.5. The number of hydrogen-bond donors (Lipinski definition) is 0. The molecule has 4 heteroatoms. The number of nitrogens with zero attached hydrogens (tertiary/aromatic N) is 2. The summed E-state index contributed by atoms with van der Waals surface area (Å²) < 4.78 is 15.8. The van der Waals surface area contributed by atoms with Gasteiger partial charge in [0.1, 0.15) is 11.6 Å². The average Bonchev–Trinajstić information content (AvgIpc) is 2.67. The molecular weight excluding hydrogens is 251 g/mol. The molecule has 0 N–H and O–H groups in total. The van der Waals surface area contributed by atoms with Gasteiger partial charge in [-0.15, -0.1) is 11.6 Å². The van der Waals surface area contributed by atoms with Gasteiger partial charge in [0.2, 0.25) is 0 Å². The van der Waals surface area contributed by atoms with Crippen molar-refractivity contribution in [2.75, 3.05) is 5.88 Å². The van der Waals surface area contributed by atoms with E-state index in [4.69, 9.17) is 11.6 Å². The predicted octanol–water partition coefficient (Wildman–Crippen LogP) is 4.24. The fourth-order valence-corrected chi connectivity index (χ4v) is 2.37. The number of fused-ring (bicyclic) bond motifs is 1. The molecule has 0 aliphatic rings. The molecule has 1 heterocycles. The standard InChI is InChI=1S/C14H18ClFN2/c1-4-10(3)18-13-7-9(2)11(16)8-12(13)17-14(18)5-6-15/h7-8,10H,4-6H2,1-3H3. The Kier molecular flexibility index (Phi) is 3.91. The largest absolute Gasteiger partial charge is 0.325 e. The summed E-state index contributed by atoms with van der Waals surface area (Å²) >= 11 is 5.82. The van der Waals surface area contributed by atoms with Gasteiger partial charge in [-0.3, -0.25) is 0 Å². The summed E-state index contributed by atoms with van der Waals surface area (Å²) in [6.45, 7) is 6.07. The monoisotopic (exact) mass is 268 g/mol.